The number of ether oxygens (including phenoxy) is 1. The van der Waals surface area contributed by atoms with Gasteiger partial charge in [0.2, 0.25) is 0 Å². The number of rotatable bonds is 4. The molecule has 0 radical (unpaired) electrons. The molecule has 34 heavy (non-hydrogen) atoms. The van der Waals surface area contributed by atoms with Crippen LogP contribution in [0.25, 0.3) is 10.9 Å². The van der Waals surface area contributed by atoms with Gasteiger partial charge in [-0.2, -0.15) is 0 Å². The second-order valence-electron chi connectivity index (χ2n) is 8.05. The Balaban J connectivity index is 1.41. The van der Waals surface area contributed by atoms with Gasteiger partial charge < -0.3 is 15.4 Å². The second kappa shape index (κ2) is 9.11. The number of esters is 1. The van der Waals surface area contributed by atoms with Gasteiger partial charge in [-0.15, -0.1) is 0 Å². The fourth-order valence-corrected chi connectivity index (χ4v) is 4.40. The number of fused-ring (bicyclic) bond motifs is 2. The van der Waals surface area contributed by atoms with Crippen molar-refractivity contribution in [1.29, 1.82) is 0 Å². The highest BCUT2D eigenvalue weighted by Gasteiger charge is 2.36. The van der Waals surface area contributed by atoms with Gasteiger partial charge in [0.25, 0.3) is 5.91 Å². The lowest BCUT2D eigenvalue weighted by molar-refractivity contribution is -0.151. The van der Waals surface area contributed by atoms with Gasteiger partial charge in [-0.3, -0.25) is 4.79 Å². The highest BCUT2D eigenvalue weighted by atomic mass is 35.5. The monoisotopic (exact) mass is 472 g/mol. The van der Waals surface area contributed by atoms with Crippen molar-refractivity contribution >= 4 is 40.2 Å². The van der Waals surface area contributed by atoms with Crippen LogP contribution in [-0.4, -0.2) is 32.8 Å². The van der Waals surface area contributed by atoms with Crippen molar-refractivity contribution in [3.8, 4) is 0 Å². The summed E-state index contributed by atoms with van der Waals surface area (Å²) < 4.78 is 5.59. The van der Waals surface area contributed by atoms with Gasteiger partial charge in [-0.25, -0.2) is 14.8 Å². The van der Waals surface area contributed by atoms with E-state index in [1.165, 1.54) is 4.90 Å². The Hall–Kier alpha value is -3.97. The van der Waals surface area contributed by atoms with Gasteiger partial charge in [0.15, 0.2) is 12.4 Å². The average molecular weight is 473 g/mol. The summed E-state index contributed by atoms with van der Waals surface area (Å²) in [6.07, 6.45) is 0.339. The summed E-state index contributed by atoms with van der Waals surface area (Å²) in [4.78, 5) is 36.8. The average Bonchev–Trinajstić information content (AvgIpc) is 2.86. The number of para-hydroxylation sites is 1. The lowest BCUT2D eigenvalue weighted by Gasteiger charge is -2.35. The third-order valence-corrected chi connectivity index (χ3v) is 6.24. The Kier molecular flexibility index (Phi) is 5.86. The zero-order valence-electron chi connectivity index (χ0n) is 18.1. The van der Waals surface area contributed by atoms with E-state index in [-0.39, 0.29) is 19.1 Å². The number of aromatic nitrogens is 2. The highest BCUT2D eigenvalue weighted by Crippen LogP contribution is 2.28. The molecule has 3 aromatic carbocycles. The van der Waals surface area contributed by atoms with Crippen molar-refractivity contribution in [2.24, 2.45) is 0 Å². The molecule has 5 rings (SSSR count). The van der Waals surface area contributed by atoms with Gasteiger partial charge in [0, 0.05) is 18.4 Å². The van der Waals surface area contributed by atoms with Crippen molar-refractivity contribution in [3.05, 3.63) is 100 Å². The van der Waals surface area contributed by atoms with Crippen LogP contribution in [0.3, 0.4) is 0 Å². The summed E-state index contributed by atoms with van der Waals surface area (Å²) >= 11 is 6.28. The predicted molar refractivity (Wildman–Crippen MR) is 129 cm³/mol. The normalized spacial score (nSPS) is 15.1. The number of nitrogen functional groups attached to an aromatic ring is 1. The van der Waals surface area contributed by atoms with Gasteiger partial charge in [-0.1, -0.05) is 60.1 Å². The van der Waals surface area contributed by atoms with Crippen LogP contribution >= 0.6 is 11.6 Å². The first-order valence-corrected chi connectivity index (χ1v) is 11.2. The molecule has 170 valence electrons. The third kappa shape index (κ3) is 4.18. The molecule has 1 atom stereocenters. The molecule has 7 nitrogen and oxygen atoms in total. The summed E-state index contributed by atoms with van der Waals surface area (Å²) in [5, 5.41) is 1.07. The number of halogens is 1. The van der Waals surface area contributed by atoms with Gasteiger partial charge in [0.1, 0.15) is 11.9 Å². The Morgan fingerprint density at radius 3 is 2.50 bits per heavy atom. The van der Waals surface area contributed by atoms with Crippen LogP contribution < -0.4 is 5.73 Å². The van der Waals surface area contributed by atoms with Crippen molar-refractivity contribution < 1.29 is 14.3 Å². The molecule has 2 N–H and O–H groups in total. The lowest BCUT2D eigenvalue weighted by atomic mass is 9.93. The van der Waals surface area contributed by atoms with Crippen LogP contribution in [0.15, 0.2) is 72.8 Å². The maximum Gasteiger partial charge on any atom is 0.329 e. The summed E-state index contributed by atoms with van der Waals surface area (Å²) in [5.41, 5.74) is 9.03. The molecule has 0 fully saturated rings. The number of hydrogen-bond acceptors (Lipinski definition) is 6. The number of carbonyl (C=O) groups excluding carboxylic acids is 2. The van der Waals surface area contributed by atoms with E-state index in [2.05, 4.69) is 9.97 Å². The Bertz CT molecular complexity index is 1410. The molecule has 0 saturated carbocycles. The lowest BCUT2D eigenvalue weighted by Crippen LogP contribution is -2.49. The molecule has 1 aromatic heterocycles. The summed E-state index contributed by atoms with van der Waals surface area (Å²) in [6.45, 7) is 0.125. The van der Waals surface area contributed by atoms with Crippen molar-refractivity contribution in [2.75, 3.05) is 5.73 Å². The van der Waals surface area contributed by atoms with E-state index >= 15 is 0 Å². The number of hydrogen-bond donors (Lipinski definition) is 1. The minimum atomic E-state index is -0.809. The first kappa shape index (κ1) is 21.9. The van der Waals surface area contributed by atoms with Crippen molar-refractivity contribution in [2.45, 2.75) is 25.6 Å². The molecule has 0 bridgehead atoms. The van der Waals surface area contributed by atoms with Gasteiger partial charge in [0.05, 0.1) is 16.1 Å². The van der Waals surface area contributed by atoms with Crippen molar-refractivity contribution in [3.63, 3.8) is 0 Å². The molecule has 4 aromatic rings. The first-order valence-electron chi connectivity index (χ1n) is 10.8. The van der Waals surface area contributed by atoms with E-state index in [4.69, 9.17) is 22.1 Å². The zero-order valence-corrected chi connectivity index (χ0v) is 18.9. The summed E-state index contributed by atoms with van der Waals surface area (Å²) in [6, 6.07) is 21.1. The predicted octanol–water partition coefficient (Wildman–Crippen LogP) is 4.18. The Morgan fingerprint density at radius 1 is 0.971 bits per heavy atom. The number of carbonyl (C=O) groups is 2. The van der Waals surface area contributed by atoms with Crippen LogP contribution in [-0.2, 0) is 29.1 Å². The van der Waals surface area contributed by atoms with Crippen LogP contribution in [0.4, 0.5) is 5.82 Å². The minimum absolute atomic E-state index is 0.153. The summed E-state index contributed by atoms with van der Waals surface area (Å²) in [5.74, 6) is -0.248. The topological polar surface area (TPSA) is 98.4 Å². The molecule has 1 aliphatic rings. The molecule has 1 amide bonds. The second-order valence-corrected chi connectivity index (χ2v) is 8.46. The zero-order chi connectivity index (χ0) is 23.7. The molecule has 2 heterocycles. The fraction of sp³-hybridized carbons (Fsp3) is 0.154. The van der Waals surface area contributed by atoms with Crippen molar-refractivity contribution in [1.82, 2.24) is 14.9 Å². The fourth-order valence-electron chi connectivity index (χ4n) is 4.18. The molecule has 0 spiro atoms. The molecular weight excluding hydrogens is 452 g/mol. The first-order chi connectivity index (χ1) is 16.5. The number of anilines is 1. The standard InChI is InChI=1S/C26H21ClN4O3/c27-20-11-5-3-9-18(20)25(32)31-14-17-8-2-1-7-16(17)13-22(31)26(33)34-15-23-29-21-12-6-4-10-19(21)24(28)30-23/h1-12,22H,13-15H2,(H2,28,29,30). The van der Waals surface area contributed by atoms with Crippen LogP contribution in [0.1, 0.15) is 27.3 Å². The van der Waals surface area contributed by atoms with E-state index in [1.807, 2.05) is 48.5 Å². The SMILES string of the molecule is Nc1nc(COC(=O)C2Cc3ccccc3CN2C(=O)c2ccccc2Cl)nc2ccccc12. The smallest absolute Gasteiger partial charge is 0.329 e. The number of benzene rings is 3. The molecular formula is C26H21ClN4O3. The van der Waals surface area contributed by atoms with E-state index in [1.54, 1.807) is 24.3 Å². The molecule has 1 aliphatic heterocycles. The molecule has 8 heteroatoms. The van der Waals surface area contributed by atoms with E-state index in [0.29, 0.717) is 34.2 Å². The maximum atomic E-state index is 13.4. The third-order valence-electron chi connectivity index (χ3n) is 5.91. The Labute approximate surface area is 201 Å². The molecule has 0 aliphatic carbocycles. The van der Waals surface area contributed by atoms with Gasteiger partial charge >= 0.3 is 5.97 Å². The van der Waals surface area contributed by atoms with Crippen LogP contribution in [0.2, 0.25) is 5.02 Å². The minimum Gasteiger partial charge on any atom is -0.456 e. The van der Waals surface area contributed by atoms with Gasteiger partial charge in [-0.05, 0) is 35.4 Å². The summed E-state index contributed by atoms with van der Waals surface area (Å²) in [7, 11) is 0. The number of nitrogens with zero attached hydrogens (tertiary/aromatic N) is 3. The number of nitrogens with two attached hydrogens (primary N) is 1. The Morgan fingerprint density at radius 2 is 1.68 bits per heavy atom. The molecule has 1 unspecified atom stereocenters. The van der Waals surface area contributed by atoms with Crippen LogP contribution in [0, 0.1) is 0 Å². The number of amides is 1. The van der Waals surface area contributed by atoms with E-state index in [0.717, 1.165) is 16.5 Å². The van der Waals surface area contributed by atoms with E-state index in [9.17, 15) is 9.59 Å². The highest BCUT2D eigenvalue weighted by molar-refractivity contribution is 6.33. The van der Waals surface area contributed by atoms with Crippen LogP contribution in [0.5, 0.6) is 0 Å². The maximum absolute atomic E-state index is 13.4. The molecule has 0 saturated heterocycles. The van der Waals surface area contributed by atoms with E-state index < -0.39 is 12.0 Å². The largest absolute Gasteiger partial charge is 0.456 e. The quantitative estimate of drug-likeness (QED) is 0.447.